The van der Waals surface area contributed by atoms with Gasteiger partial charge in [0.05, 0.1) is 12.6 Å². The third-order valence-corrected chi connectivity index (χ3v) is 6.85. The Kier molecular flexibility index (Phi) is 7.74. The lowest BCUT2D eigenvalue weighted by molar-refractivity contribution is 0.512. The first kappa shape index (κ1) is 23.0. The average molecular weight is 483 g/mol. The molecule has 4 nitrogen and oxygen atoms in total. The van der Waals surface area contributed by atoms with E-state index in [2.05, 4.69) is 44.9 Å². The quantitative estimate of drug-likeness (QED) is 0.619. The molecule has 9 heteroatoms. The Morgan fingerprint density at radius 2 is 1.97 bits per heavy atom. The van der Waals surface area contributed by atoms with E-state index in [-0.39, 0.29) is 30.6 Å². The molecule has 158 valence electrons. The van der Waals surface area contributed by atoms with Gasteiger partial charge < -0.3 is 10.2 Å². The van der Waals surface area contributed by atoms with Crippen molar-refractivity contribution in [2.24, 2.45) is 9.98 Å². The highest BCUT2D eigenvalue weighted by atomic mass is 35.5. The lowest BCUT2D eigenvalue weighted by atomic mass is 10.1. The van der Waals surface area contributed by atoms with E-state index in [1.54, 1.807) is 29.6 Å². The molecule has 0 saturated heterocycles. The molecular formula is C21H21Cl2FN4S2. The van der Waals surface area contributed by atoms with Crippen LogP contribution >= 0.6 is 48.3 Å². The van der Waals surface area contributed by atoms with E-state index in [1.165, 1.54) is 17.3 Å². The van der Waals surface area contributed by atoms with E-state index in [0.29, 0.717) is 18.2 Å². The van der Waals surface area contributed by atoms with Crippen LogP contribution in [0.1, 0.15) is 11.1 Å². The maximum atomic E-state index is 13.8. The zero-order chi connectivity index (χ0) is 18.9. The predicted molar refractivity (Wildman–Crippen MR) is 132 cm³/mol. The highest BCUT2D eigenvalue weighted by molar-refractivity contribution is 8.17. The second-order valence-electron chi connectivity index (χ2n) is 6.89. The minimum absolute atomic E-state index is 0. The van der Waals surface area contributed by atoms with Crippen LogP contribution in [0.3, 0.4) is 0 Å². The van der Waals surface area contributed by atoms with Gasteiger partial charge >= 0.3 is 0 Å². The molecule has 3 heterocycles. The molecule has 0 bridgehead atoms. The summed E-state index contributed by atoms with van der Waals surface area (Å²) in [5.41, 5.74) is 4.05. The maximum Gasteiger partial charge on any atom is 0.168 e. The molecule has 1 atom stereocenters. The summed E-state index contributed by atoms with van der Waals surface area (Å²) in [7, 11) is 0. The van der Waals surface area contributed by atoms with Gasteiger partial charge in [0, 0.05) is 29.2 Å². The number of aliphatic imine (C=N–C) groups is 2. The molecule has 5 rings (SSSR count). The molecule has 30 heavy (non-hydrogen) atoms. The standard InChI is InChI=1S/C21H19FN4S2.2ClH/c22-18-7-4-8-19-17(18)10-23-20(25-19)27-12-16-13-28-21-24-15(11-26(16)21)9-14-5-2-1-3-6-14;;/h1-8,13,15H,9-12H2,(H,23,25);2*1H. The first-order chi connectivity index (χ1) is 13.8. The number of hydrogen-bond acceptors (Lipinski definition) is 6. The Labute approximate surface area is 196 Å². The molecule has 2 aromatic rings. The van der Waals surface area contributed by atoms with E-state index in [1.807, 2.05) is 12.1 Å². The Balaban J connectivity index is 0.00000128. The Morgan fingerprint density at radius 1 is 1.13 bits per heavy atom. The largest absolute Gasteiger partial charge is 0.335 e. The molecule has 0 fully saturated rings. The summed E-state index contributed by atoms with van der Waals surface area (Å²) >= 11 is 3.36. The second-order valence-corrected chi connectivity index (χ2v) is 8.69. The molecular weight excluding hydrogens is 462 g/mol. The van der Waals surface area contributed by atoms with Gasteiger partial charge in [-0.2, -0.15) is 0 Å². The van der Waals surface area contributed by atoms with E-state index >= 15 is 0 Å². The highest BCUT2D eigenvalue weighted by Gasteiger charge is 2.32. The van der Waals surface area contributed by atoms with Crippen LogP contribution in [-0.4, -0.2) is 33.6 Å². The molecule has 0 aromatic heterocycles. The van der Waals surface area contributed by atoms with Crippen molar-refractivity contribution in [1.82, 2.24) is 4.90 Å². The number of benzene rings is 2. The normalized spacial score (nSPS) is 18.8. The summed E-state index contributed by atoms with van der Waals surface area (Å²) in [5, 5.41) is 7.38. The zero-order valence-corrected chi connectivity index (χ0v) is 19.2. The van der Waals surface area contributed by atoms with Crippen LogP contribution in [-0.2, 0) is 13.0 Å². The summed E-state index contributed by atoms with van der Waals surface area (Å²) in [6.07, 6.45) is 0.971. The van der Waals surface area contributed by atoms with Gasteiger partial charge in [-0.25, -0.2) is 4.39 Å². The van der Waals surface area contributed by atoms with Gasteiger partial charge in [-0.15, -0.1) is 24.8 Å². The summed E-state index contributed by atoms with van der Waals surface area (Å²) in [6.45, 7) is 1.32. The van der Waals surface area contributed by atoms with Gasteiger partial charge in [0.15, 0.2) is 10.3 Å². The molecule has 1 N–H and O–H groups in total. The van der Waals surface area contributed by atoms with Gasteiger partial charge in [0.1, 0.15) is 5.82 Å². The number of rotatable bonds is 4. The number of anilines is 1. The zero-order valence-electron chi connectivity index (χ0n) is 16.0. The summed E-state index contributed by atoms with van der Waals surface area (Å²) in [4.78, 5) is 11.7. The van der Waals surface area contributed by atoms with E-state index in [9.17, 15) is 4.39 Å². The molecule has 0 radical (unpaired) electrons. The summed E-state index contributed by atoms with van der Waals surface area (Å²) in [6, 6.07) is 15.9. The Hall–Kier alpha value is -1.67. The van der Waals surface area contributed by atoms with Gasteiger partial charge in [-0.1, -0.05) is 59.9 Å². The second kappa shape index (κ2) is 10.1. The van der Waals surface area contributed by atoms with E-state index in [0.717, 1.165) is 34.7 Å². The maximum absolute atomic E-state index is 13.8. The SMILES string of the molecule is Cl.Cl.Fc1cccc2c1CN=C(SCC1=CSC3=NC(Cc4ccccc4)CN13)N2. The lowest BCUT2D eigenvalue weighted by Crippen LogP contribution is -2.26. The first-order valence-electron chi connectivity index (χ1n) is 9.23. The van der Waals surface area contributed by atoms with Crippen LogP contribution < -0.4 is 5.32 Å². The monoisotopic (exact) mass is 482 g/mol. The molecule has 2 aromatic carbocycles. The Bertz CT molecular complexity index is 998. The van der Waals surface area contributed by atoms with Crippen molar-refractivity contribution in [2.45, 2.75) is 19.0 Å². The molecule has 3 aliphatic rings. The number of amidine groups is 2. The van der Waals surface area contributed by atoms with Crippen LogP contribution in [0.4, 0.5) is 10.1 Å². The van der Waals surface area contributed by atoms with E-state index in [4.69, 9.17) is 4.99 Å². The van der Waals surface area contributed by atoms with Gasteiger partial charge in [-0.05, 0) is 29.5 Å². The van der Waals surface area contributed by atoms with Crippen LogP contribution in [0.2, 0.25) is 0 Å². The number of halogens is 3. The van der Waals surface area contributed by atoms with Gasteiger partial charge in [0.25, 0.3) is 0 Å². The fourth-order valence-corrected chi connectivity index (χ4v) is 5.50. The number of nitrogens with zero attached hydrogens (tertiary/aromatic N) is 3. The molecule has 0 aliphatic carbocycles. The number of thioether (sulfide) groups is 2. The van der Waals surface area contributed by atoms with Crippen molar-refractivity contribution in [1.29, 1.82) is 0 Å². The third-order valence-electron chi connectivity index (χ3n) is 4.98. The molecule has 3 aliphatic heterocycles. The van der Waals surface area contributed by atoms with Gasteiger partial charge in [-0.3, -0.25) is 9.98 Å². The first-order valence-corrected chi connectivity index (χ1v) is 11.1. The predicted octanol–water partition coefficient (Wildman–Crippen LogP) is 5.56. The Morgan fingerprint density at radius 3 is 2.80 bits per heavy atom. The fourth-order valence-electron chi connectivity index (χ4n) is 3.55. The highest BCUT2D eigenvalue weighted by Crippen LogP contribution is 2.34. The van der Waals surface area contributed by atoms with Crippen molar-refractivity contribution in [3.8, 4) is 0 Å². The van der Waals surface area contributed by atoms with Gasteiger partial charge in [0.2, 0.25) is 0 Å². The number of hydrogen-bond donors (Lipinski definition) is 1. The number of fused-ring (bicyclic) bond motifs is 2. The lowest BCUT2D eigenvalue weighted by Gasteiger charge is -2.21. The van der Waals surface area contributed by atoms with Crippen molar-refractivity contribution in [3.05, 3.63) is 76.6 Å². The number of nitrogens with one attached hydrogen (secondary N) is 1. The summed E-state index contributed by atoms with van der Waals surface area (Å²) < 4.78 is 13.8. The fraction of sp³-hybridized carbons (Fsp3) is 0.238. The van der Waals surface area contributed by atoms with Crippen molar-refractivity contribution in [3.63, 3.8) is 0 Å². The molecule has 0 spiro atoms. The van der Waals surface area contributed by atoms with Crippen LogP contribution in [0.5, 0.6) is 0 Å². The van der Waals surface area contributed by atoms with Crippen LogP contribution in [0, 0.1) is 5.82 Å². The molecule has 0 saturated carbocycles. The van der Waals surface area contributed by atoms with Crippen LogP contribution in [0.25, 0.3) is 0 Å². The minimum atomic E-state index is -0.199. The molecule has 0 amide bonds. The summed E-state index contributed by atoms with van der Waals surface area (Å²) in [5.74, 6) is 0.621. The average Bonchev–Trinajstić information content (AvgIpc) is 3.28. The molecule has 1 unspecified atom stereocenters. The third kappa shape index (κ3) is 4.80. The smallest absolute Gasteiger partial charge is 0.168 e. The van der Waals surface area contributed by atoms with E-state index < -0.39 is 0 Å². The van der Waals surface area contributed by atoms with Crippen LogP contribution in [0.15, 0.2) is 69.6 Å². The van der Waals surface area contributed by atoms with Crippen molar-refractivity contribution < 1.29 is 4.39 Å². The van der Waals surface area contributed by atoms with Crippen molar-refractivity contribution in [2.75, 3.05) is 17.6 Å². The topological polar surface area (TPSA) is 40.0 Å². The minimum Gasteiger partial charge on any atom is -0.335 e. The van der Waals surface area contributed by atoms with Crippen molar-refractivity contribution >= 4 is 64.4 Å².